The van der Waals surface area contributed by atoms with Crippen molar-refractivity contribution >= 4 is 27.3 Å². The van der Waals surface area contributed by atoms with Crippen molar-refractivity contribution in [3.05, 3.63) is 58.2 Å². The molecule has 5 heteroatoms. The number of fused-ring (bicyclic) bond motifs is 1. The highest BCUT2D eigenvalue weighted by Gasteiger charge is 2.05. The van der Waals surface area contributed by atoms with E-state index in [9.17, 15) is 0 Å². The van der Waals surface area contributed by atoms with Crippen LogP contribution in [0.5, 0.6) is 0 Å². The Hall–Kier alpha value is -1.88. The number of nitrogens with one attached hydrogen (secondary N) is 1. The molecular formula is C15H15BrN4. The standard InChI is InChI=1S/C15H15BrN4/c1-10-3-4-13(11(2)5-10)17-6-12-7-19-15-8-18-14(16)9-20(12)15/h3-5,7-9,17H,6H2,1-2H3. The smallest absolute Gasteiger partial charge is 0.155 e. The number of aryl methyl sites for hydroxylation is 2. The van der Waals surface area contributed by atoms with Gasteiger partial charge in [0.15, 0.2) is 5.65 Å². The summed E-state index contributed by atoms with van der Waals surface area (Å²) in [5.74, 6) is 0. The minimum Gasteiger partial charge on any atom is -0.379 e. The van der Waals surface area contributed by atoms with Crippen LogP contribution in [0.1, 0.15) is 16.8 Å². The van der Waals surface area contributed by atoms with E-state index in [1.165, 1.54) is 11.1 Å². The summed E-state index contributed by atoms with van der Waals surface area (Å²) in [7, 11) is 0. The molecule has 0 fully saturated rings. The monoisotopic (exact) mass is 330 g/mol. The first-order chi connectivity index (χ1) is 9.63. The largest absolute Gasteiger partial charge is 0.379 e. The molecule has 0 bridgehead atoms. The van der Waals surface area contributed by atoms with Gasteiger partial charge in [-0.2, -0.15) is 0 Å². The van der Waals surface area contributed by atoms with Crippen molar-refractivity contribution in [1.29, 1.82) is 0 Å². The second-order valence-electron chi connectivity index (χ2n) is 4.86. The second-order valence-corrected chi connectivity index (χ2v) is 5.67. The van der Waals surface area contributed by atoms with Crippen LogP contribution in [0.3, 0.4) is 0 Å². The third-order valence-electron chi connectivity index (χ3n) is 3.28. The molecule has 102 valence electrons. The second kappa shape index (κ2) is 5.25. The summed E-state index contributed by atoms with van der Waals surface area (Å²) in [6.45, 7) is 4.94. The molecule has 0 atom stereocenters. The first-order valence-corrected chi connectivity index (χ1v) is 7.21. The Morgan fingerprint density at radius 2 is 2.05 bits per heavy atom. The SMILES string of the molecule is Cc1ccc(NCc2cnc3cnc(Br)cn23)c(C)c1. The van der Waals surface area contributed by atoms with Crippen molar-refractivity contribution in [3.63, 3.8) is 0 Å². The van der Waals surface area contributed by atoms with Gasteiger partial charge in [-0.05, 0) is 41.4 Å². The highest BCUT2D eigenvalue weighted by molar-refractivity contribution is 9.10. The lowest BCUT2D eigenvalue weighted by Crippen LogP contribution is -2.04. The van der Waals surface area contributed by atoms with E-state index in [2.05, 4.69) is 63.3 Å². The van der Waals surface area contributed by atoms with E-state index in [1.807, 2.05) is 16.8 Å². The lowest BCUT2D eigenvalue weighted by molar-refractivity contribution is 0.981. The molecule has 3 aromatic rings. The molecule has 2 aromatic heterocycles. The van der Waals surface area contributed by atoms with Gasteiger partial charge < -0.3 is 5.32 Å². The molecule has 3 rings (SSSR count). The van der Waals surface area contributed by atoms with Crippen molar-refractivity contribution in [2.75, 3.05) is 5.32 Å². The van der Waals surface area contributed by atoms with Crippen LogP contribution >= 0.6 is 15.9 Å². The molecule has 0 unspecified atom stereocenters. The Balaban J connectivity index is 1.85. The van der Waals surface area contributed by atoms with Crippen LogP contribution in [0, 0.1) is 13.8 Å². The molecule has 20 heavy (non-hydrogen) atoms. The third kappa shape index (κ3) is 2.54. The Morgan fingerprint density at radius 3 is 2.85 bits per heavy atom. The third-order valence-corrected chi connectivity index (χ3v) is 3.69. The van der Waals surface area contributed by atoms with Crippen LogP contribution in [-0.4, -0.2) is 14.4 Å². The maximum atomic E-state index is 4.35. The average Bonchev–Trinajstić information content (AvgIpc) is 2.80. The minimum absolute atomic E-state index is 0.724. The molecule has 1 N–H and O–H groups in total. The van der Waals surface area contributed by atoms with Crippen molar-refractivity contribution < 1.29 is 0 Å². The maximum absolute atomic E-state index is 4.35. The fourth-order valence-corrected chi connectivity index (χ4v) is 2.55. The van der Waals surface area contributed by atoms with Gasteiger partial charge in [0, 0.05) is 11.9 Å². The van der Waals surface area contributed by atoms with Crippen molar-refractivity contribution in [1.82, 2.24) is 14.4 Å². The number of halogens is 1. The lowest BCUT2D eigenvalue weighted by atomic mass is 10.1. The average molecular weight is 331 g/mol. The molecule has 0 aliphatic carbocycles. The number of rotatable bonds is 3. The molecule has 0 aliphatic heterocycles. The summed E-state index contributed by atoms with van der Waals surface area (Å²) in [6.07, 6.45) is 5.56. The van der Waals surface area contributed by atoms with Gasteiger partial charge in [-0.3, -0.25) is 4.40 Å². The molecule has 2 heterocycles. The fourth-order valence-electron chi connectivity index (χ4n) is 2.24. The van der Waals surface area contributed by atoms with Gasteiger partial charge in [-0.25, -0.2) is 9.97 Å². The van der Waals surface area contributed by atoms with Gasteiger partial charge in [0.05, 0.1) is 24.6 Å². The van der Waals surface area contributed by atoms with Gasteiger partial charge in [-0.1, -0.05) is 17.7 Å². The first-order valence-electron chi connectivity index (χ1n) is 6.42. The molecule has 0 radical (unpaired) electrons. The topological polar surface area (TPSA) is 42.2 Å². The summed E-state index contributed by atoms with van der Waals surface area (Å²) in [5.41, 5.74) is 5.63. The number of anilines is 1. The zero-order valence-corrected chi connectivity index (χ0v) is 13.0. The molecule has 0 amide bonds. The summed E-state index contributed by atoms with van der Waals surface area (Å²) in [6, 6.07) is 6.41. The zero-order chi connectivity index (χ0) is 14.1. The number of imidazole rings is 1. The Kier molecular flexibility index (Phi) is 3.44. The highest BCUT2D eigenvalue weighted by Crippen LogP contribution is 2.18. The zero-order valence-electron chi connectivity index (χ0n) is 11.4. The molecule has 0 saturated heterocycles. The number of benzene rings is 1. The maximum Gasteiger partial charge on any atom is 0.155 e. The van der Waals surface area contributed by atoms with Gasteiger partial charge in [-0.15, -0.1) is 0 Å². The molecule has 1 aromatic carbocycles. The Morgan fingerprint density at radius 1 is 1.20 bits per heavy atom. The van der Waals surface area contributed by atoms with E-state index in [1.54, 1.807) is 6.20 Å². The Labute approximate surface area is 126 Å². The summed E-state index contributed by atoms with van der Waals surface area (Å²) >= 11 is 3.39. The van der Waals surface area contributed by atoms with Crippen molar-refractivity contribution in [3.8, 4) is 0 Å². The number of aromatic nitrogens is 3. The molecule has 0 spiro atoms. The normalized spacial score (nSPS) is 10.9. The van der Waals surface area contributed by atoms with Gasteiger partial charge in [0.25, 0.3) is 0 Å². The quantitative estimate of drug-likeness (QED) is 0.795. The van der Waals surface area contributed by atoms with Crippen LogP contribution < -0.4 is 5.32 Å². The number of nitrogens with zero attached hydrogens (tertiary/aromatic N) is 3. The Bertz CT molecular complexity index is 764. The van der Waals surface area contributed by atoms with E-state index >= 15 is 0 Å². The lowest BCUT2D eigenvalue weighted by Gasteiger charge is -2.10. The van der Waals surface area contributed by atoms with E-state index in [-0.39, 0.29) is 0 Å². The van der Waals surface area contributed by atoms with E-state index in [0.717, 1.165) is 28.2 Å². The first kappa shape index (κ1) is 13.1. The number of hydrogen-bond acceptors (Lipinski definition) is 3. The van der Waals surface area contributed by atoms with E-state index in [4.69, 9.17) is 0 Å². The minimum atomic E-state index is 0.724. The highest BCUT2D eigenvalue weighted by atomic mass is 79.9. The summed E-state index contributed by atoms with van der Waals surface area (Å²) < 4.78 is 2.84. The summed E-state index contributed by atoms with van der Waals surface area (Å²) in [4.78, 5) is 8.52. The van der Waals surface area contributed by atoms with Crippen LogP contribution in [0.25, 0.3) is 5.65 Å². The van der Waals surface area contributed by atoms with Crippen LogP contribution in [0.2, 0.25) is 0 Å². The predicted molar refractivity (Wildman–Crippen MR) is 83.9 cm³/mol. The van der Waals surface area contributed by atoms with Crippen molar-refractivity contribution in [2.45, 2.75) is 20.4 Å². The van der Waals surface area contributed by atoms with Crippen LogP contribution in [0.15, 0.2) is 41.4 Å². The molecule has 0 aliphatic rings. The predicted octanol–water partition coefficient (Wildman–Crippen LogP) is 3.72. The van der Waals surface area contributed by atoms with E-state index in [0.29, 0.717) is 0 Å². The van der Waals surface area contributed by atoms with Crippen LogP contribution in [-0.2, 0) is 6.54 Å². The summed E-state index contributed by atoms with van der Waals surface area (Å²) in [5, 5.41) is 3.46. The van der Waals surface area contributed by atoms with Gasteiger partial charge >= 0.3 is 0 Å². The molecule has 4 nitrogen and oxygen atoms in total. The molecular weight excluding hydrogens is 316 g/mol. The van der Waals surface area contributed by atoms with Crippen molar-refractivity contribution in [2.24, 2.45) is 0 Å². The van der Waals surface area contributed by atoms with Gasteiger partial charge in [0.1, 0.15) is 4.60 Å². The molecule has 0 saturated carbocycles. The van der Waals surface area contributed by atoms with E-state index < -0.39 is 0 Å². The fraction of sp³-hybridized carbons (Fsp3) is 0.200. The number of hydrogen-bond donors (Lipinski definition) is 1. The van der Waals surface area contributed by atoms with Crippen LogP contribution in [0.4, 0.5) is 5.69 Å². The van der Waals surface area contributed by atoms with Gasteiger partial charge in [0.2, 0.25) is 0 Å².